The zero-order chi connectivity index (χ0) is 11.3. The molecule has 0 spiro atoms. The van der Waals surface area contributed by atoms with Crippen molar-refractivity contribution in [2.75, 3.05) is 14.1 Å². The smallest absolute Gasteiger partial charge is 0.317 e. The second-order valence-corrected chi connectivity index (χ2v) is 6.10. The average Bonchev–Trinajstić information content (AvgIpc) is 2.88. The SMILES string of the molecule is CN(C)C(=O)NC1CCC2C3CCC(C3)C12. The van der Waals surface area contributed by atoms with E-state index in [9.17, 15) is 4.79 Å². The predicted molar refractivity (Wildman–Crippen MR) is 63.1 cm³/mol. The van der Waals surface area contributed by atoms with Crippen molar-refractivity contribution in [3.8, 4) is 0 Å². The van der Waals surface area contributed by atoms with Gasteiger partial charge in [-0.15, -0.1) is 0 Å². The molecule has 3 aliphatic carbocycles. The van der Waals surface area contributed by atoms with Crippen LogP contribution in [-0.2, 0) is 0 Å². The first-order valence-corrected chi connectivity index (χ1v) is 6.64. The summed E-state index contributed by atoms with van der Waals surface area (Å²) in [6.07, 6.45) is 6.89. The molecule has 5 atom stereocenters. The van der Waals surface area contributed by atoms with E-state index in [4.69, 9.17) is 0 Å². The number of nitrogens with one attached hydrogen (secondary N) is 1. The lowest BCUT2D eigenvalue weighted by atomic mass is 9.80. The summed E-state index contributed by atoms with van der Waals surface area (Å²) < 4.78 is 0. The van der Waals surface area contributed by atoms with Gasteiger partial charge in [0.2, 0.25) is 0 Å². The fourth-order valence-corrected chi connectivity index (χ4v) is 4.53. The third-order valence-corrected chi connectivity index (χ3v) is 5.15. The van der Waals surface area contributed by atoms with Gasteiger partial charge >= 0.3 is 6.03 Å². The van der Waals surface area contributed by atoms with Gasteiger partial charge in [-0.2, -0.15) is 0 Å². The summed E-state index contributed by atoms with van der Waals surface area (Å²) in [5.41, 5.74) is 0. The van der Waals surface area contributed by atoms with Gasteiger partial charge in [0.25, 0.3) is 0 Å². The summed E-state index contributed by atoms with van der Waals surface area (Å²) in [6, 6.07) is 0.559. The fraction of sp³-hybridized carbons (Fsp3) is 0.923. The van der Waals surface area contributed by atoms with Gasteiger partial charge in [0.15, 0.2) is 0 Å². The molecule has 3 saturated carbocycles. The molecular formula is C13H22N2O. The standard InChI is InChI=1S/C13H22N2O/c1-15(2)13(16)14-11-6-5-10-8-3-4-9(7-8)12(10)11/h8-12H,3-7H2,1-2H3,(H,14,16). The topological polar surface area (TPSA) is 32.3 Å². The lowest BCUT2D eigenvalue weighted by Crippen LogP contribution is -2.45. The number of amides is 2. The van der Waals surface area contributed by atoms with Gasteiger partial charge in [0.1, 0.15) is 0 Å². The van der Waals surface area contributed by atoms with Crippen LogP contribution in [-0.4, -0.2) is 31.1 Å². The molecule has 3 heteroatoms. The molecule has 0 aromatic heterocycles. The molecule has 0 aliphatic heterocycles. The van der Waals surface area contributed by atoms with Crippen molar-refractivity contribution < 1.29 is 4.79 Å². The maximum absolute atomic E-state index is 11.7. The van der Waals surface area contributed by atoms with E-state index in [2.05, 4.69) is 5.32 Å². The molecule has 3 fully saturated rings. The van der Waals surface area contributed by atoms with Gasteiger partial charge in [-0.3, -0.25) is 0 Å². The third-order valence-electron chi connectivity index (χ3n) is 5.15. The number of rotatable bonds is 1. The average molecular weight is 222 g/mol. The highest BCUT2D eigenvalue weighted by molar-refractivity contribution is 5.73. The first-order chi connectivity index (χ1) is 7.66. The normalized spacial score (nSPS) is 44.5. The van der Waals surface area contributed by atoms with Crippen molar-refractivity contribution in [1.29, 1.82) is 0 Å². The summed E-state index contributed by atoms with van der Waals surface area (Å²) in [7, 11) is 3.64. The van der Waals surface area contributed by atoms with Gasteiger partial charge in [0, 0.05) is 20.1 Å². The highest BCUT2D eigenvalue weighted by Crippen LogP contribution is 2.58. The lowest BCUT2D eigenvalue weighted by molar-refractivity contribution is 0.194. The van der Waals surface area contributed by atoms with Gasteiger partial charge in [-0.05, 0) is 55.8 Å². The van der Waals surface area contributed by atoms with E-state index in [-0.39, 0.29) is 6.03 Å². The minimum atomic E-state index is 0.0911. The molecule has 0 aromatic carbocycles. The van der Waals surface area contributed by atoms with Gasteiger partial charge in [-0.1, -0.05) is 0 Å². The Morgan fingerprint density at radius 3 is 2.62 bits per heavy atom. The predicted octanol–water partition coefficient (Wildman–Crippen LogP) is 2.08. The van der Waals surface area contributed by atoms with Crippen LogP contribution < -0.4 is 5.32 Å². The summed E-state index contributed by atoms with van der Waals surface area (Å²) in [5.74, 6) is 3.66. The molecule has 2 bridgehead atoms. The molecule has 0 aromatic rings. The zero-order valence-corrected chi connectivity index (χ0v) is 10.3. The number of nitrogens with zero attached hydrogens (tertiary/aromatic N) is 1. The summed E-state index contributed by atoms with van der Waals surface area (Å²) in [4.78, 5) is 13.4. The van der Waals surface area contributed by atoms with E-state index in [1.807, 2.05) is 14.1 Å². The first-order valence-electron chi connectivity index (χ1n) is 6.64. The molecule has 5 unspecified atom stereocenters. The Bertz CT molecular complexity index is 302. The van der Waals surface area contributed by atoms with Crippen LogP contribution in [0.4, 0.5) is 4.79 Å². The molecule has 3 nitrogen and oxygen atoms in total. The van der Waals surface area contributed by atoms with Crippen LogP contribution >= 0.6 is 0 Å². The minimum absolute atomic E-state index is 0.0911. The Balaban J connectivity index is 1.68. The molecule has 3 aliphatic rings. The Labute approximate surface area is 97.6 Å². The van der Waals surface area contributed by atoms with Crippen molar-refractivity contribution in [3.63, 3.8) is 0 Å². The van der Waals surface area contributed by atoms with Crippen molar-refractivity contribution in [3.05, 3.63) is 0 Å². The van der Waals surface area contributed by atoms with Crippen molar-refractivity contribution in [1.82, 2.24) is 10.2 Å². The fourth-order valence-electron chi connectivity index (χ4n) is 4.53. The maximum Gasteiger partial charge on any atom is 0.317 e. The molecule has 0 heterocycles. The number of carbonyl (C=O) groups excluding carboxylic acids is 1. The van der Waals surface area contributed by atoms with Crippen LogP contribution in [0.5, 0.6) is 0 Å². The highest BCUT2D eigenvalue weighted by Gasteiger charge is 2.53. The van der Waals surface area contributed by atoms with E-state index < -0.39 is 0 Å². The Morgan fingerprint density at radius 2 is 1.88 bits per heavy atom. The molecule has 0 saturated heterocycles. The van der Waals surface area contributed by atoms with Gasteiger partial charge in [-0.25, -0.2) is 4.79 Å². The van der Waals surface area contributed by atoms with Crippen molar-refractivity contribution in [2.45, 2.75) is 38.1 Å². The molecule has 0 radical (unpaired) electrons. The number of hydrogen-bond donors (Lipinski definition) is 1. The number of hydrogen-bond acceptors (Lipinski definition) is 1. The van der Waals surface area contributed by atoms with E-state index in [0.29, 0.717) is 6.04 Å². The molecular weight excluding hydrogens is 200 g/mol. The lowest BCUT2D eigenvalue weighted by Gasteiger charge is -2.30. The van der Waals surface area contributed by atoms with E-state index in [1.54, 1.807) is 4.90 Å². The van der Waals surface area contributed by atoms with Crippen LogP contribution in [0.2, 0.25) is 0 Å². The summed E-state index contributed by atoms with van der Waals surface area (Å²) in [6.45, 7) is 0. The Hall–Kier alpha value is -0.730. The largest absolute Gasteiger partial charge is 0.335 e. The number of fused-ring (bicyclic) bond motifs is 5. The zero-order valence-electron chi connectivity index (χ0n) is 10.3. The Morgan fingerprint density at radius 1 is 1.12 bits per heavy atom. The van der Waals surface area contributed by atoms with E-state index in [1.165, 1.54) is 32.1 Å². The van der Waals surface area contributed by atoms with Crippen LogP contribution in [0.25, 0.3) is 0 Å². The highest BCUT2D eigenvalue weighted by atomic mass is 16.2. The molecule has 3 rings (SSSR count). The van der Waals surface area contributed by atoms with E-state index in [0.717, 1.165) is 23.7 Å². The second-order valence-electron chi connectivity index (χ2n) is 6.10. The number of carbonyl (C=O) groups is 1. The first kappa shape index (κ1) is 10.4. The molecule has 90 valence electrons. The minimum Gasteiger partial charge on any atom is -0.335 e. The Kier molecular flexibility index (Phi) is 2.37. The summed E-state index contributed by atoms with van der Waals surface area (Å²) >= 11 is 0. The van der Waals surface area contributed by atoms with Gasteiger partial charge in [0.05, 0.1) is 0 Å². The van der Waals surface area contributed by atoms with Crippen LogP contribution in [0.3, 0.4) is 0 Å². The van der Waals surface area contributed by atoms with Crippen molar-refractivity contribution >= 4 is 6.03 Å². The van der Waals surface area contributed by atoms with Crippen molar-refractivity contribution in [2.24, 2.45) is 23.7 Å². The monoisotopic (exact) mass is 222 g/mol. The number of urea groups is 1. The quantitative estimate of drug-likeness (QED) is 0.724. The second kappa shape index (κ2) is 3.64. The van der Waals surface area contributed by atoms with E-state index >= 15 is 0 Å². The molecule has 2 amide bonds. The third kappa shape index (κ3) is 1.44. The van der Waals surface area contributed by atoms with Crippen LogP contribution in [0.1, 0.15) is 32.1 Å². The van der Waals surface area contributed by atoms with Crippen LogP contribution in [0, 0.1) is 23.7 Å². The summed E-state index contributed by atoms with van der Waals surface area (Å²) in [5, 5.41) is 3.22. The molecule has 1 N–H and O–H groups in total. The van der Waals surface area contributed by atoms with Crippen LogP contribution in [0.15, 0.2) is 0 Å². The maximum atomic E-state index is 11.7. The molecule has 16 heavy (non-hydrogen) atoms. The van der Waals surface area contributed by atoms with Gasteiger partial charge < -0.3 is 10.2 Å².